The monoisotopic (exact) mass is 430 g/mol. The molecule has 0 spiro atoms. The van der Waals surface area contributed by atoms with Crippen LogP contribution in [0.15, 0.2) is 34.6 Å². The fourth-order valence-electron chi connectivity index (χ4n) is 3.09. The molecule has 0 bridgehead atoms. The number of carbonyl (C=O) groups is 2. The van der Waals surface area contributed by atoms with Gasteiger partial charge in [0.1, 0.15) is 15.0 Å². The molecule has 1 amide bonds. The molecule has 29 heavy (non-hydrogen) atoms. The smallest absolute Gasteiger partial charge is 0.332 e. The molecule has 1 atom stereocenters. The van der Waals surface area contributed by atoms with Crippen molar-refractivity contribution in [3.63, 3.8) is 0 Å². The quantitative estimate of drug-likeness (QED) is 0.652. The molecule has 0 radical (unpaired) electrons. The topological polar surface area (TPSA) is 127 Å². The average Bonchev–Trinajstić information content (AvgIpc) is 3.03. The van der Waals surface area contributed by atoms with E-state index in [1.54, 1.807) is 24.3 Å². The van der Waals surface area contributed by atoms with Crippen LogP contribution in [0.3, 0.4) is 0 Å². The first kappa shape index (κ1) is 20.4. The van der Waals surface area contributed by atoms with Crippen molar-refractivity contribution < 1.29 is 14.3 Å². The highest BCUT2D eigenvalue weighted by molar-refractivity contribution is 7.07. The van der Waals surface area contributed by atoms with Crippen LogP contribution < -0.4 is 25.8 Å². The zero-order valence-electron chi connectivity index (χ0n) is 15.4. The number of carbonyl (C=O) groups excluding carboxylic acids is 2. The van der Waals surface area contributed by atoms with Crippen molar-refractivity contribution in [2.45, 2.75) is 5.92 Å². The van der Waals surface area contributed by atoms with Gasteiger partial charge in [-0.2, -0.15) is 5.26 Å². The Balaban J connectivity index is 2.52. The minimum absolute atomic E-state index is 0.00807. The summed E-state index contributed by atoms with van der Waals surface area (Å²) in [6.45, 7) is 0. The SMILES string of the molecule is CNC(=O)C1=c2s/c(=C\C(=O)OC)c(=O)n2C(N)=C(C#N)[C@H]1c1ccccc1Cl. The Hall–Kier alpha value is -3.35. The number of rotatable bonds is 3. The molecule has 1 aliphatic rings. The van der Waals surface area contributed by atoms with Crippen molar-refractivity contribution in [2.24, 2.45) is 5.73 Å². The number of esters is 1. The number of aromatic nitrogens is 1. The first-order valence-corrected chi connectivity index (χ1v) is 9.47. The van der Waals surface area contributed by atoms with E-state index in [1.807, 2.05) is 6.07 Å². The molecule has 8 nitrogen and oxygen atoms in total. The molecular weight excluding hydrogens is 416 g/mol. The third-order valence-electron chi connectivity index (χ3n) is 4.41. The molecule has 148 valence electrons. The van der Waals surface area contributed by atoms with Gasteiger partial charge in [-0.3, -0.25) is 14.2 Å². The number of thiazole rings is 1. The average molecular weight is 431 g/mol. The summed E-state index contributed by atoms with van der Waals surface area (Å²) in [4.78, 5) is 37.3. The van der Waals surface area contributed by atoms with E-state index < -0.39 is 23.4 Å². The number of allylic oxidation sites excluding steroid dienone is 1. The molecule has 1 aromatic carbocycles. The predicted molar refractivity (Wildman–Crippen MR) is 109 cm³/mol. The van der Waals surface area contributed by atoms with Gasteiger partial charge in [-0.1, -0.05) is 29.8 Å². The molecular formula is C19H15ClN4O4S. The van der Waals surface area contributed by atoms with Gasteiger partial charge in [-0.25, -0.2) is 4.79 Å². The first-order valence-electron chi connectivity index (χ1n) is 8.28. The van der Waals surface area contributed by atoms with Crippen LogP contribution in [0.2, 0.25) is 5.02 Å². The Labute approximate surface area is 173 Å². The van der Waals surface area contributed by atoms with Gasteiger partial charge < -0.3 is 15.8 Å². The van der Waals surface area contributed by atoms with E-state index in [-0.39, 0.29) is 26.2 Å². The standard InChI is InChI=1S/C19H15ClN4O4S/c1-23-17(26)15-14(9-5-3-4-6-11(9)20)10(8-21)16(22)24-18(27)12(29-19(15)24)7-13(25)28-2/h3-7,14H,22H2,1-2H3,(H,23,26)/b12-7-/t14-/m1/s1. The van der Waals surface area contributed by atoms with E-state index in [9.17, 15) is 19.6 Å². The lowest BCUT2D eigenvalue weighted by Crippen LogP contribution is -2.41. The molecule has 0 unspecified atom stereocenters. The molecule has 2 heterocycles. The largest absolute Gasteiger partial charge is 0.466 e. The third kappa shape index (κ3) is 3.33. The van der Waals surface area contributed by atoms with Crippen LogP contribution in [0.1, 0.15) is 11.5 Å². The Morgan fingerprint density at radius 1 is 1.41 bits per heavy atom. The fraction of sp³-hybridized carbons (Fsp3) is 0.158. The molecule has 1 aromatic heterocycles. The first-order chi connectivity index (χ1) is 13.8. The molecule has 0 aliphatic carbocycles. The Bertz CT molecular complexity index is 1280. The lowest BCUT2D eigenvalue weighted by molar-refractivity contribution is -0.133. The van der Waals surface area contributed by atoms with Crippen molar-refractivity contribution in [3.05, 3.63) is 60.0 Å². The Morgan fingerprint density at radius 2 is 2.10 bits per heavy atom. The second-order valence-corrected chi connectivity index (χ2v) is 7.38. The summed E-state index contributed by atoms with van der Waals surface area (Å²) < 4.78 is 5.88. The van der Waals surface area contributed by atoms with Gasteiger partial charge in [0, 0.05) is 18.1 Å². The van der Waals surface area contributed by atoms with Gasteiger partial charge >= 0.3 is 5.97 Å². The van der Waals surface area contributed by atoms with Crippen molar-refractivity contribution in [3.8, 4) is 6.07 Å². The fourth-order valence-corrected chi connectivity index (χ4v) is 4.47. The molecule has 3 rings (SSSR count). The number of hydrogen-bond donors (Lipinski definition) is 2. The van der Waals surface area contributed by atoms with Crippen molar-refractivity contribution in [1.82, 2.24) is 9.88 Å². The van der Waals surface area contributed by atoms with Gasteiger partial charge in [0.05, 0.1) is 30.2 Å². The van der Waals surface area contributed by atoms with Gasteiger partial charge in [0.15, 0.2) is 0 Å². The van der Waals surface area contributed by atoms with Gasteiger partial charge in [0.2, 0.25) is 0 Å². The summed E-state index contributed by atoms with van der Waals surface area (Å²) >= 11 is 7.25. The van der Waals surface area contributed by atoms with E-state index in [1.165, 1.54) is 14.2 Å². The summed E-state index contributed by atoms with van der Waals surface area (Å²) in [7, 11) is 2.62. The zero-order valence-corrected chi connectivity index (χ0v) is 16.9. The number of nitrogens with zero attached hydrogens (tertiary/aromatic N) is 2. The Kier molecular flexibility index (Phi) is 5.59. The minimum atomic E-state index is -0.877. The number of fused-ring (bicyclic) bond motifs is 1. The number of methoxy groups -OCH3 is 1. The minimum Gasteiger partial charge on any atom is -0.466 e. The molecule has 10 heteroatoms. The van der Waals surface area contributed by atoms with Crippen LogP contribution in [-0.4, -0.2) is 30.6 Å². The molecule has 0 saturated carbocycles. The predicted octanol–water partition coefficient (Wildman–Crippen LogP) is -0.138. The highest BCUT2D eigenvalue weighted by atomic mass is 35.5. The lowest BCUT2D eigenvalue weighted by Gasteiger charge is -2.25. The maximum atomic E-state index is 12.8. The highest BCUT2D eigenvalue weighted by Gasteiger charge is 2.36. The molecule has 0 saturated heterocycles. The van der Waals surface area contributed by atoms with Gasteiger partial charge in [-0.05, 0) is 11.6 Å². The second kappa shape index (κ2) is 7.95. The summed E-state index contributed by atoms with van der Waals surface area (Å²) in [5.74, 6) is -2.23. The van der Waals surface area contributed by atoms with Crippen molar-refractivity contribution in [2.75, 3.05) is 14.2 Å². The van der Waals surface area contributed by atoms with E-state index in [0.29, 0.717) is 10.6 Å². The highest BCUT2D eigenvalue weighted by Crippen LogP contribution is 2.39. The second-order valence-electron chi connectivity index (χ2n) is 5.94. The number of nitrogens with one attached hydrogen (secondary N) is 1. The van der Waals surface area contributed by atoms with E-state index in [0.717, 1.165) is 22.0 Å². The summed E-state index contributed by atoms with van der Waals surface area (Å²) in [6.07, 6.45) is 1.02. The number of hydrogen-bond acceptors (Lipinski definition) is 7. The number of benzene rings is 1. The van der Waals surface area contributed by atoms with E-state index >= 15 is 0 Å². The van der Waals surface area contributed by atoms with Crippen molar-refractivity contribution in [1.29, 1.82) is 5.26 Å². The van der Waals surface area contributed by atoms with Crippen LogP contribution in [0.5, 0.6) is 0 Å². The maximum Gasteiger partial charge on any atom is 0.332 e. The number of ether oxygens (including phenoxy) is 1. The van der Waals surface area contributed by atoms with Crippen LogP contribution in [0.4, 0.5) is 0 Å². The lowest BCUT2D eigenvalue weighted by atomic mass is 9.83. The summed E-state index contributed by atoms with van der Waals surface area (Å²) in [5, 5.41) is 12.7. The van der Waals surface area contributed by atoms with Gasteiger partial charge in [0.25, 0.3) is 11.5 Å². The Morgan fingerprint density at radius 3 is 2.69 bits per heavy atom. The van der Waals surface area contributed by atoms with Gasteiger partial charge in [-0.15, -0.1) is 11.3 Å². The van der Waals surface area contributed by atoms with Crippen molar-refractivity contribution >= 4 is 52.3 Å². The van der Waals surface area contributed by atoms with Crippen LogP contribution >= 0.6 is 22.9 Å². The summed E-state index contributed by atoms with van der Waals surface area (Å²) in [5.41, 5.74) is 6.19. The zero-order chi connectivity index (χ0) is 21.3. The third-order valence-corrected chi connectivity index (χ3v) is 5.86. The number of nitrogens with two attached hydrogens (primary N) is 1. The van der Waals surface area contributed by atoms with E-state index in [4.69, 9.17) is 17.3 Å². The number of nitriles is 1. The van der Waals surface area contributed by atoms with Crippen LogP contribution in [0.25, 0.3) is 17.5 Å². The molecule has 0 fully saturated rings. The normalized spacial score (nSPS) is 16.3. The molecule has 2 aromatic rings. The summed E-state index contributed by atoms with van der Waals surface area (Å²) in [6, 6.07) is 8.77. The van der Waals surface area contributed by atoms with Crippen LogP contribution in [-0.2, 0) is 14.3 Å². The molecule has 3 N–H and O–H groups in total. The van der Waals surface area contributed by atoms with Crippen LogP contribution in [0, 0.1) is 11.3 Å². The van der Waals surface area contributed by atoms with E-state index in [2.05, 4.69) is 10.1 Å². The molecule has 1 aliphatic heterocycles. The number of halogens is 1. The number of amides is 1. The maximum absolute atomic E-state index is 12.8.